The number of unbranched alkanes of at least 4 members (excludes halogenated alkanes) is 3. The van der Waals surface area contributed by atoms with Crippen LogP contribution in [0, 0.1) is 5.41 Å². The molecule has 0 aromatic carbocycles. The molecule has 0 aliphatic rings. The molecule has 0 aromatic heterocycles. The maximum absolute atomic E-state index is 9.98. The van der Waals surface area contributed by atoms with Crippen molar-refractivity contribution >= 4 is 0 Å². The minimum absolute atomic E-state index is 0.116. The first-order chi connectivity index (χ1) is 11.0. The van der Waals surface area contributed by atoms with Crippen LogP contribution in [0.1, 0.15) is 66.7 Å². The average Bonchev–Trinajstić information content (AvgIpc) is 2.54. The van der Waals surface area contributed by atoms with Crippen molar-refractivity contribution in [3.8, 4) is 0 Å². The van der Waals surface area contributed by atoms with Gasteiger partial charge in [0.1, 0.15) is 24.4 Å². The van der Waals surface area contributed by atoms with Crippen molar-refractivity contribution in [1.29, 1.82) is 0 Å². The monoisotopic (exact) mass is 350 g/mol. The fourth-order valence-electron chi connectivity index (χ4n) is 2.45. The Kier molecular flexibility index (Phi) is 10.6. The molecule has 0 aliphatic carbocycles. The highest BCUT2D eigenvalue weighted by Gasteiger charge is 2.39. The van der Waals surface area contributed by atoms with Gasteiger partial charge in [0.15, 0.2) is 0 Å². The molecular weight excluding hydrogens is 312 g/mol. The number of ether oxygens (including phenoxy) is 1. The molecule has 0 spiro atoms. The van der Waals surface area contributed by atoms with E-state index in [-0.39, 0.29) is 12.0 Å². The number of rotatable bonds is 13. The van der Waals surface area contributed by atoms with Crippen LogP contribution in [0.15, 0.2) is 0 Å². The van der Waals surface area contributed by atoms with E-state index in [1.807, 2.05) is 13.8 Å². The minimum Gasteiger partial charge on any atom is -0.394 e. The van der Waals surface area contributed by atoms with Gasteiger partial charge in [0.25, 0.3) is 0 Å². The molecule has 0 saturated heterocycles. The largest absolute Gasteiger partial charge is 0.394 e. The molecule has 0 bridgehead atoms. The van der Waals surface area contributed by atoms with E-state index in [9.17, 15) is 20.4 Å². The molecule has 0 rings (SSSR count). The summed E-state index contributed by atoms with van der Waals surface area (Å²) in [6.45, 7) is 9.45. The topological polar surface area (TPSA) is 110 Å². The summed E-state index contributed by atoms with van der Waals surface area (Å²) < 4.78 is 5.83. The van der Waals surface area contributed by atoms with Crippen LogP contribution in [-0.4, -0.2) is 68.8 Å². The lowest BCUT2D eigenvalue weighted by Gasteiger charge is -2.42. The first-order valence-corrected chi connectivity index (χ1v) is 8.97. The third-order valence-corrected chi connectivity index (χ3v) is 5.23. The summed E-state index contributed by atoms with van der Waals surface area (Å²) in [5.41, 5.74) is -0.644. The zero-order valence-corrected chi connectivity index (χ0v) is 15.9. The van der Waals surface area contributed by atoms with E-state index >= 15 is 0 Å². The van der Waals surface area contributed by atoms with Crippen molar-refractivity contribution in [2.45, 2.75) is 96.7 Å². The number of aliphatic hydroxyl groups excluding tert-OH is 5. The van der Waals surface area contributed by atoms with Crippen molar-refractivity contribution in [3.63, 3.8) is 0 Å². The molecule has 5 N–H and O–H groups in total. The van der Waals surface area contributed by atoms with E-state index < -0.39 is 36.6 Å². The standard InChI is InChI=1S/C18H38O6/c1-6-7-8-9-10-17(2,3)18(4,5)24-12-14(21)16(23)15(22)13(20)11-19/h13-16,19-23H,6-12H2,1-5H3/t13-,14+,15-,16-/m1/s1. The first kappa shape index (κ1) is 23.8. The Labute approximate surface area is 146 Å². The average molecular weight is 350 g/mol. The van der Waals surface area contributed by atoms with Crippen molar-refractivity contribution in [2.24, 2.45) is 5.41 Å². The van der Waals surface area contributed by atoms with E-state index in [1.165, 1.54) is 19.3 Å². The fraction of sp³-hybridized carbons (Fsp3) is 1.00. The quantitative estimate of drug-likeness (QED) is 0.319. The van der Waals surface area contributed by atoms with Crippen molar-refractivity contribution in [2.75, 3.05) is 13.2 Å². The lowest BCUT2D eigenvalue weighted by molar-refractivity contribution is -0.165. The van der Waals surface area contributed by atoms with Crippen LogP contribution in [0.4, 0.5) is 0 Å². The Balaban J connectivity index is 4.52. The third kappa shape index (κ3) is 7.33. The molecule has 0 aromatic rings. The van der Waals surface area contributed by atoms with Gasteiger partial charge in [-0.25, -0.2) is 0 Å². The molecule has 0 saturated carbocycles. The lowest BCUT2D eigenvalue weighted by atomic mass is 9.73. The van der Waals surface area contributed by atoms with Crippen molar-refractivity contribution in [1.82, 2.24) is 0 Å². The summed E-state index contributed by atoms with van der Waals surface area (Å²) in [4.78, 5) is 0. The van der Waals surface area contributed by atoms with Gasteiger partial charge in [-0.1, -0.05) is 46.5 Å². The zero-order valence-electron chi connectivity index (χ0n) is 15.9. The van der Waals surface area contributed by atoms with Gasteiger partial charge in [-0.15, -0.1) is 0 Å². The van der Waals surface area contributed by atoms with Crippen LogP contribution < -0.4 is 0 Å². The lowest BCUT2D eigenvalue weighted by Crippen LogP contribution is -2.49. The molecule has 0 heterocycles. The molecule has 0 unspecified atom stereocenters. The van der Waals surface area contributed by atoms with Crippen LogP contribution in [0.3, 0.4) is 0 Å². The number of hydrogen-bond donors (Lipinski definition) is 5. The predicted molar refractivity (Wildman–Crippen MR) is 93.7 cm³/mol. The number of aliphatic hydroxyl groups is 5. The zero-order chi connectivity index (χ0) is 19.0. The van der Waals surface area contributed by atoms with Gasteiger partial charge in [0.05, 0.1) is 18.8 Å². The van der Waals surface area contributed by atoms with Gasteiger partial charge in [0, 0.05) is 0 Å². The molecule has 0 radical (unpaired) electrons. The summed E-state index contributed by atoms with van der Waals surface area (Å²) in [7, 11) is 0. The Bertz CT molecular complexity index is 331. The summed E-state index contributed by atoms with van der Waals surface area (Å²) >= 11 is 0. The van der Waals surface area contributed by atoms with Crippen molar-refractivity contribution < 1.29 is 30.3 Å². The van der Waals surface area contributed by atoms with Crippen LogP contribution in [-0.2, 0) is 4.74 Å². The highest BCUT2D eigenvalue weighted by molar-refractivity contribution is 4.89. The van der Waals surface area contributed by atoms with Crippen LogP contribution in [0.5, 0.6) is 0 Å². The first-order valence-electron chi connectivity index (χ1n) is 8.97. The van der Waals surface area contributed by atoms with Gasteiger partial charge in [-0.3, -0.25) is 0 Å². The SMILES string of the molecule is CCCCCCC(C)(C)C(C)(C)OC[C@H](O)[C@@H](O)[C@H](O)[C@H](O)CO. The maximum Gasteiger partial charge on any atom is 0.111 e. The third-order valence-electron chi connectivity index (χ3n) is 5.23. The van der Waals surface area contributed by atoms with Gasteiger partial charge < -0.3 is 30.3 Å². The molecule has 6 nitrogen and oxygen atoms in total. The van der Waals surface area contributed by atoms with E-state index in [0.717, 1.165) is 12.8 Å². The second kappa shape index (κ2) is 10.7. The minimum atomic E-state index is -1.63. The number of hydrogen-bond acceptors (Lipinski definition) is 6. The van der Waals surface area contributed by atoms with E-state index in [4.69, 9.17) is 9.84 Å². The molecule has 4 atom stereocenters. The Morgan fingerprint density at radius 1 is 0.833 bits per heavy atom. The smallest absolute Gasteiger partial charge is 0.111 e. The molecular formula is C18H38O6. The molecule has 0 amide bonds. The Morgan fingerprint density at radius 2 is 1.38 bits per heavy atom. The second-order valence-electron chi connectivity index (χ2n) is 7.81. The Morgan fingerprint density at radius 3 is 1.88 bits per heavy atom. The molecule has 24 heavy (non-hydrogen) atoms. The van der Waals surface area contributed by atoms with Crippen molar-refractivity contribution in [3.05, 3.63) is 0 Å². The highest BCUT2D eigenvalue weighted by atomic mass is 16.5. The summed E-state index contributed by atoms with van der Waals surface area (Å²) in [6, 6.07) is 0. The predicted octanol–water partition coefficient (Wildman–Crippen LogP) is 1.21. The van der Waals surface area contributed by atoms with Crippen LogP contribution in [0.25, 0.3) is 0 Å². The maximum atomic E-state index is 9.98. The van der Waals surface area contributed by atoms with E-state index in [2.05, 4.69) is 20.8 Å². The van der Waals surface area contributed by atoms with Gasteiger partial charge in [-0.2, -0.15) is 0 Å². The molecule has 146 valence electrons. The fourth-order valence-corrected chi connectivity index (χ4v) is 2.45. The van der Waals surface area contributed by atoms with E-state index in [0.29, 0.717) is 0 Å². The second-order valence-corrected chi connectivity index (χ2v) is 7.81. The van der Waals surface area contributed by atoms with Gasteiger partial charge in [0.2, 0.25) is 0 Å². The summed E-state index contributed by atoms with van der Waals surface area (Å²) in [6.07, 6.45) is -0.379. The van der Waals surface area contributed by atoms with Crippen LogP contribution in [0.2, 0.25) is 0 Å². The Hall–Kier alpha value is -0.240. The molecule has 0 fully saturated rings. The molecule has 0 aliphatic heterocycles. The molecule has 6 heteroatoms. The normalized spacial score (nSPS) is 18.2. The van der Waals surface area contributed by atoms with Gasteiger partial charge in [-0.05, 0) is 25.7 Å². The van der Waals surface area contributed by atoms with E-state index in [1.54, 1.807) is 0 Å². The highest BCUT2D eigenvalue weighted by Crippen LogP contribution is 2.38. The van der Waals surface area contributed by atoms with Crippen LogP contribution >= 0.6 is 0 Å². The summed E-state index contributed by atoms with van der Waals surface area (Å²) in [5, 5.41) is 47.6. The summed E-state index contributed by atoms with van der Waals surface area (Å²) in [5.74, 6) is 0. The van der Waals surface area contributed by atoms with Gasteiger partial charge >= 0.3 is 0 Å².